The highest BCUT2D eigenvalue weighted by atomic mass is 16.5. The van der Waals surface area contributed by atoms with Gasteiger partial charge in [-0.25, -0.2) is 4.98 Å². The van der Waals surface area contributed by atoms with Gasteiger partial charge >= 0.3 is 0 Å². The van der Waals surface area contributed by atoms with E-state index in [1.807, 2.05) is 96.6 Å². The monoisotopic (exact) mass is 479 g/mol. The lowest BCUT2D eigenvalue weighted by Crippen LogP contribution is -2.35. The fourth-order valence-corrected chi connectivity index (χ4v) is 4.75. The van der Waals surface area contributed by atoms with Crippen molar-refractivity contribution in [3.8, 4) is 11.4 Å². The Morgan fingerprint density at radius 1 is 1.14 bits per heavy atom. The molecule has 0 fully saturated rings. The molecule has 2 atom stereocenters. The molecule has 1 amide bonds. The van der Waals surface area contributed by atoms with Gasteiger partial charge in [-0.3, -0.25) is 4.79 Å². The third kappa shape index (κ3) is 4.95. The second kappa shape index (κ2) is 10.2. The molecule has 6 nitrogen and oxygen atoms in total. The zero-order chi connectivity index (χ0) is 25.1. The van der Waals surface area contributed by atoms with Gasteiger partial charge in [-0.1, -0.05) is 60.7 Å². The van der Waals surface area contributed by atoms with Crippen LogP contribution in [0.1, 0.15) is 34.0 Å². The van der Waals surface area contributed by atoms with Crippen LogP contribution in [-0.2, 0) is 17.6 Å². The Bertz CT molecular complexity index is 1410. The van der Waals surface area contributed by atoms with Gasteiger partial charge in [-0.2, -0.15) is 0 Å². The summed E-state index contributed by atoms with van der Waals surface area (Å²) in [6, 6.07) is 23.2. The average molecular weight is 480 g/mol. The second-order valence-electron chi connectivity index (χ2n) is 9.11. The van der Waals surface area contributed by atoms with E-state index in [-0.39, 0.29) is 5.91 Å². The number of hydrogen-bond donors (Lipinski definition) is 2. The molecular weight excluding hydrogens is 450 g/mol. The number of rotatable bonds is 7. The van der Waals surface area contributed by atoms with E-state index in [0.717, 1.165) is 33.6 Å². The number of aliphatic hydroxyl groups is 1. The van der Waals surface area contributed by atoms with E-state index in [0.29, 0.717) is 24.2 Å². The van der Waals surface area contributed by atoms with Crippen molar-refractivity contribution in [2.75, 3.05) is 7.11 Å². The number of aryl methyl sites for hydroxylation is 1. The molecule has 2 N–H and O–H groups in total. The predicted octanol–water partition coefficient (Wildman–Crippen LogP) is 4.59. The summed E-state index contributed by atoms with van der Waals surface area (Å²) in [4.78, 5) is 17.9. The predicted molar refractivity (Wildman–Crippen MR) is 140 cm³/mol. The lowest BCUT2D eigenvalue weighted by molar-refractivity contribution is -0.119. The molecule has 0 saturated heterocycles. The highest BCUT2D eigenvalue weighted by molar-refractivity contribution is 5.98. The number of methoxy groups -OCH3 is 1. The zero-order valence-electron chi connectivity index (χ0n) is 20.4. The summed E-state index contributed by atoms with van der Waals surface area (Å²) in [6.07, 6.45) is 5.92. The molecule has 3 aromatic carbocycles. The third-order valence-electron chi connectivity index (χ3n) is 6.55. The number of imidazole rings is 1. The second-order valence-corrected chi connectivity index (χ2v) is 9.11. The fourth-order valence-electron chi connectivity index (χ4n) is 4.75. The summed E-state index contributed by atoms with van der Waals surface area (Å²) in [7, 11) is 1.63. The smallest absolute Gasteiger partial charge is 0.248 e. The first-order valence-electron chi connectivity index (χ1n) is 12.0. The molecule has 0 saturated carbocycles. The molecule has 4 aromatic rings. The maximum absolute atomic E-state index is 13.6. The molecule has 0 bridgehead atoms. The van der Waals surface area contributed by atoms with Crippen LogP contribution in [0.4, 0.5) is 0 Å². The van der Waals surface area contributed by atoms with E-state index in [1.165, 1.54) is 0 Å². The molecule has 0 spiro atoms. The third-order valence-corrected chi connectivity index (χ3v) is 6.55. The van der Waals surface area contributed by atoms with Gasteiger partial charge in [0.05, 0.1) is 37.0 Å². The molecule has 36 heavy (non-hydrogen) atoms. The first kappa shape index (κ1) is 23.6. The molecule has 1 aromatic heterocycles. The van der Waals surface area contributed by atoms with E-state index in [2.05, 4.69) is 10.3 Å². The van der Waals surface area contributed by atoms with Gasteiger partial charge in [-0.05, 0) is 47.4 Å². The lowest BCUT2D eigenvalue weighted by Gasteiger charge is -2.19. The Morgan fingerprint density at radius 3 is 2.67 bits per heavy atom. The van der Waals surface area contributed by atoms with E-state index in [9.17, 15) is 9.90 Å². The Labute approximate surface area is 210 Å². The standard InChI is InChI=1S/C30H29N3O3/c1-20-18-33(19-31-20)26-13-12-22(16-28(26)36-2)15-24(14-21-8-4-3-5-9-21)30(35)32-29-25-11-7-6-10-23(25)17-27(29)34/h3-13,15-16,18-19,27,29,34H,14,17H2,1-2H3,(H,32,35)/t27-,29+/m0/s1. The van der Waals surface area contributed by atoms with Crippen LogP contribution in [-0.4, -0.2) is 33.8 Å². The minimum Gasteiger partial charge on any atom is -0.495 e. The molecule has 5 rings (SSSR count). The molecule has 0 aliphatic heterocycles. The summed E-state index contributed by atoms with van der Waals surface area (Å²) < 4.78 is 7.57. The number of nitrogens with one attached hydrogen (secondary N) is 1. The van der Waals surface area contributed by atoms with Crippen LogP contribution in [0.15, 0.2) is 90.9 Å². The molecule has 1 aliphatic rings. The summed E-state index contributed by atoms with van der Waals surface area (Å²) in [5, 5.41) is 13.8. The number of aromatic nitrogens is 2. The van der Waals surface area contributed by atoms with Crippen molar-refractivity contribution < 1.29 is 14.6 Å². The maximum Gasteiger partial charge on any atom is 0.248 e. The fraction of sp³-hybridized carbons (Fsp3) is 0.200. The number of fused-ring (bicyclic) bond motifs is 1. The minimum absolute atomic E-state index is 0.201. The number of ether oxygens (including phenoxy) is 1. The van der Waals surface area contributed by atoms with Crippen molar-refractivity contribution in [2.24, 2.45) is 0 Å². The van der Waals surface area contributed by atoms with Crippen molar-refractivity contribution in [1.82, 2.24) is 14.9 Å². The maximum atomic E-state index is 13.6. The summed E-state index contributed by atoms with van der Waals surface area (Å²) in [5.41, 5.74) is 6.31. The molecule has 0 radical (unpaired) electrons. The number of amides is 1. The Morgan fingerprint density at radius 2 is 1.92 bits per heavy atom. The van der Waals surface area contributed by atoms with Gasteiger partial charge in [0.2, 0.25) is 5.91 Å². The lowest BCUT2D eigenvalue weighted by atomic mass is 10.00. The van der Waals surface area contributed by atoms with E-state index in [4.69, 9.17) is 4.74 Å². The summed E-state index contributed by atoms with van der Waals surface area (Å²) >= 11 is 0. The van der Waals surface area contributed by atoms with Gasteiger partial charge in [0, 0.05) is 24.6 Å². The zero-order valence-corrected chi connectivity index (χ0v) is 20.4. The van der Waals surface area contributed by atoms with Crippen molar-refractivity contribution in [3.05, 3.63) is 119 Å². The van der Waals surface area contributed by atoms with Crippen LogP contribution in [0.25, 0.3) is 11.8 Å². The van der Waals surface area contributed by atoms with Gasteiger partial charge in [-0.15, -0.1) is 0 Å². The molecule has 6 heteroatoms. The van der Waals surface area contributed by atoms with Crippen LogP contribution >= 0.6 is 0 Å². The molecule has 0 unspecified atom stereocenters. The van der Waals surface area contributed by atoms with Crippen LogP contribution < -0.4 is 10.1 Å². The minimum atomic E-state index is -0.651. The first-order chi connectivity index (χ1) is 17.5. The number of benzene rings is 3. The number of nitrogens with zero attached hydrogens (tertiary/aromatic N) is 2. The first-order valence-corrected chi connectivity index (χ1v) is 12.0. The number of aliphatic hydroxyl groups excluding tert-OH is 1. The SMILES string of the molecule is COc1cc(C=C(Cc2ccccc2)C(=O)N[C@@H]2c3ccccc3C[C@@H]2O)ccc1-n1cnc(C)c1. The van der Waals surface area contributed by atoms with Gasteiger partial charge in [0.15, 0.2) is 0 Å². The Hall–Kier alpha value is -4.16. The highest BCUT2D eigenvalue weighted by Gasteiger charge is 2.32. The van der Waals surface area contributed by atoms with Crippen LogP contribution in [0.3, 0.4) is 0 Å². The van der Waals surface area contributed by atoms with Gasteiger partial charge in [0.25, 0.3) is 0 Å². The van der Waals surface area contributed by atoms with Gasteiger partial charge < -0.3 is 19.7 Å². The average Bonchev–Trinajstić information content (AvgIpc) is 3.46. The molecule has 1 heterocycles. The molecular formula is C30H29N3O3. The van der Waals surface area contributed by atoms with Gasteiger partial charge in [0.1, 0.15) is 5.75 Å². The van der Waals surface area contributed by atoms with Crippen molar-refractivity contribution in [1.29, 1.82) is 0 Å². The quantitative estimate of drug-likeness (QED) is 0.380. The summed E-state index contributed by atoms with van der Waals surface area (Å²) in [5.74, 6) is 0.480. The number of carbonyl (C=O) groups excluding carboxylic acids is 1. The highest BCUT2D eigenvalue weighted by Crippen LogP contribution is 2.32. The summed E-state index contributed by atoms with van der Waals surface area (Å²) in [6.45, 7) is 1.94. The van der Waals surface area contributed by atoms with Crippen molar-refractivity contribution in [3.63, 3.8) is 0 Å². The largest absolute Gasteiger partial charge is 0.495 e. The molecule has 1 aliphatic carbocycles. The van der Waals surface area contributed by atoms with Crippen LogP contribution in [0.5, 0.6) is 5.75 Å². The topological polar surface area (TPSA) is 76.4 Å². The van der Waals surface area contributed by atoms with Crippen LogP contribution in [0.2, 0.25) is 0 Å². The van der Waals surface area contributed by atoms with Crippen molar-refractivity contribution >= 4 is 12.0 Å². The normalized spacial score (nSPS) is 17.0. The Balaban J connectivity index is 1.47. The Kier molecular flexibility index (Phi) is 6.69. The van der Waals surface area contributed by atoms with Crippen LogP contribution in [0, 0.1) is 6.92 Å². The number of hydrogen-bond acceptors (Lipinski definition) is 4. The molecule has 182 valence electrons. The van der Waals surface area contributed by atoms with Crippen molar-refractivity contribution in [2.45, 2.75) is 31.9 Å². The van der Waals surface area contributed by atoms with E-state index in [1.54, 1.807) is 13.4 Å². The number of carbonyl (C=O) groups is 1. The van der Waals surface area contributed by atoms with E-state index >= 15 is 0 Å². The van der Waals surface area contributed by atoms with E-state index < -0.39 is 12.1 Å².